The molecule has 1 saturated heterocycles. The van der Waals surface area contributed by atoms with Crippen molar-refractivity contribution in [2.24, 2.45) is 0 Å². The Morgan fingerprint density at radius 2 is 1.82 bits per heavy atom. The third-order valence-electron chi connectivity index (χ3n) is 5.91. The Kier molecular flexibility index (Phi) is 6.46. The summed E-state index contributed by atoms with van der Waals surface area (Å²) in [4.78, 5) is 25.0. The average molecular weight is 480 g/mol. The van der Waals surface area contributed by atoms with Crippen molar-refractivity contribution in [3.8, 4) is 0 Å². The molecule has 1 fully saturated rings. The molecule has 4 aromatic rings. The molecule has 1 amide bonds. The number of likely N-dealkylation sites (tertiary alicyclic amines) is 1. The molecule has 174 valence electrons. The number of aromatic nitrogens is 2. The molecule has 1 aliphatic rings. The van der Waals surface area contributed by atoms with E-state index >= 15 is 0 Å². The molecule has 0 radical (unpaired) electrons. The molecule has 0 aliphatic carbocycles. The van der Waals surface area contributed by atoms with Crippen molar-refractivity contribution in [2.75, 3.05) is 18.4 Å². The van der Waals surface area contributed by atoms with E-state index in [1.54, 1.807) is 6.07 Å². The first-order chi connectivity index (χ1) is 16.5. The van der Waals surface area contributed by atoms with Crippen LogP contribution in [0, 0.1) is 11.6 Å². The Balaban J connectivity index is 1.23. The van der Waals surface area contributed by atoms with Gasteiger partial charge in [0.05, 0.1) is 10.3 Å². The van der Waals surface area contributed by atoms with Crippen LogP contribution in [0.25, 0.3) is 10.2 Å². The number of halogens is 2. The zero-order valence-corrected chi connectivity index (χ0v) is 19.1. The molecule has 0 saturated carbocycles. The molecule has 6 nitrogen and oxygen atoms in total. The first kappa shape index (κ1) is 22.4. The van der Waals surface area contributed by atoms with E-state index in [9.17, 15) is 13.6 Å². The van der Waals surface area contributed by atoms with Crippen LogP contribution in [0.4, 0.5) is 20.3 Å². The Hall–Kier alpha value is -3.43. The van der Waals surface area contributed by atoms with E-state index < -0.39 is 11.6 Å². The lowest BCUT2D eigenvalue weighted by Crippen LogP contribution is -2.44. The molecule has 2 N–H and O–H groups in total. The maximum atomic E-state index is 13.6. The fraction of sp³-hybridized carbons (Fsp3) is 0.240. The van der Waals surface area contributed by atoms with Gasteiger partial charge in [-0.15, -0.1) is 11.3 Å². The van der Waals surface area contributed by atoms with E-state index in [4.69, 9.17) is 0 Å². The highest BCUT2D eigenvalue weighted by atomic mass is 32.1. The van der Waals surface area contributed by atoms with Crippen LogP contribution >= 0.6 is 11.3 Å². The molecule has 0 unspecified atom stereocenters. The highest BCUT2D eigenvalue weighted by molar-refractivity contribution is 7.20. The number of nitrogens with zero attached hydrogens (tertiary/aromatic N) is 3. The number of anilines is 2. The minimum Gasteiger partial charge on any atom is -0.349 e. The van der Waals surface area contributed by atoms with Crippen molar-refractivity contribution in [2.45, 2.75) is 25.4 Å². The molecular weight excluding hydrogens is 456 g/mol. The van der Waals surface area contributed by atoms with Crippen molar-refractivity contribution < 1.29 is 13.6 Å². The normalized spacial score (nSPS) is 14.9. The molecule has 5 rings (SSSR count). The van der Waals surface area contributed by atoms with Crippen LogP contribution < -0.4 is 10.6 Å². The summed E-state index contributed by atoms with van der Waals surface area (Å²) in [6.45, 7) is 2.78. The third kappa shape index (κ3) is 5.05. The van der Waals surface area contributed by atoms with Gasteiger partial charge in [-0.2, -0.15) is 0 Å². The van der Waals surface area contributed by atoms with Crippen molar-refractivity contribution in [1.82, 2.24) is 20.2 Å². The second kappa shape index (κ2) is 9.82. The zero-order chi connectivity index (χ0) is 23.5. The van der Waals surface area contributed by atoms with Crippen molar-refractivity contribution in [1.29, 1.82) is 0 Å². The Morgan fingerprint density at radius 1 is 1.03 bits per heavy atom. The van der Waals surface area contributed by atoms with Crippen LogP contribution in [0.1, 0.15) is 28.1 Å². The van der Waals surface area contributed by atoms with E-state index in [0.717, 1.165) is 44.6 Å². The number of benzene rings is 2. The quantitative estimate of drug-likeness (QED) is 0.402. The lowest BCUT2D eigenvalue weighted by Gasteiger charge is -2.32. The van der Waals surface area contributed by atoms with Gasteiger partial charge in [-0.25, -0.2) is 18.7 Å². The van der Waals surface area contributed by atoms with Crippen LogP contribution in [0.2, 0.25) is 0 Å². The molecule has 0 spiro atoms. The lowest BCUT2D eigenvalue weighted by atomic mass is 10.0. The number of fused-ring (bicyclic) bond motifs is 1. The van der Waals surface area contributed by atoms with Gasteiger partial charge in [0.25, 0.3) is 5.91 Å². The minimum atomic E-state index is -0.949. The molecule has 3 heterocycles. The third-order valence-corrected chi connectivity index (χ3v) is 6.95. The van der Waals surface area contributed by atoms with Crippen molar-refractivity contribution in [3.05, 3.63) is 83.0 Å². The number of amides is 1. The van der Waals surface area contributed by atoms with Gasteiger partial charge in [0.15, 0.2) is 11.6 Å². The number of carbonyl (C=O) groups excluding carboxylic acids is 1. The van der Waals surface area contributed by atoms with Gasteiger partial charge in [-0.1, -0.05) is 30.3 Å². The number of rotatable bonds is 6. The molecular formula is C25H23F2N5OS. The smallest absolute Gasteiger partial charge is 0.261 e. The topological polar surface area (TPSA) is 70.2 Å². The van der Waals surface area contributed by atoms with E-state index in [-0.39, 0.29) is 11.9 Å². The number of thiophene rings is 1. The summed E-state index contributed by atoms with van der Waals surface area (Å²) in [5.41, 5.74) is 1.66. The molecule has 2 aromatic carbocycles. The van der Waals surface area contributed by atoms with Gasteiger partial charge >= 0.3 is 0 Å². The molecule has 9 heteroatoms. The molecule has 0 bridgehead atoms. The largest absolute Gasteiger partial charge is 0.349 e. The highest BCUT2D eigenvalue weighted by Gasteiger charge is 2.22. The fourth-order valence-corrected chi connectivity index (χ4v) is 5.01. The van der Waals surface area contributed by atoms with Gasteiger partial charge in [0.1, 0.15) is 17.0 Å². The maximum absolute atomic E-state index is 13.6. The van der Waals surface area contributed by atoms with Crippen LogP contribution in [0.15, 0.2) is 60.9 Å². The second-order valence-electron chi connectivity index (χ2n) is 8.32. The SMILES string of the molecule is O=C(NC1CCN(Cc2ccccc2)CC1)c1cc2c(Nc3ccc(F)c(F)c3)ncnc2s1. The van der Waals surface area contributed by atoms with Crippen LogP contribution in [0.5, 0.6) is 0 Å². The first-order valence-corrected chi connectivity index (χ1v) is 11.9. The van der Waals surface area contributed by atoms with Gasteiger partial charge < -0.3 is 10.6 Å². The van der Waals surface area contributed by atoms with Crippen LogP contribution in [0.3, 0.4) is 0 Å². The molecule has 2 aromatic heterocycles. The molecule has 34 heavy (non-hydrogen) atoms. The van der Waals surface area contributed by atoms with Crippen molar-refractivity contribution >= 4 is 39.0 Å². The summed E-state index contributed by atoms with van der Waals surface area (Å²) >= 11 is 1.28. The number of hydrogen-bond acceptors (Lipinski definition) is 6. The van der Waals surface area contributed by atoms with Gasteiger partial charge in [-0.3, -0.25) is 9.69 Å². The van der Waals surface area contributed by atoms with Gasteiger partial charge in [0, 0.05) is 37.4 Å². The highest BCUT2D eigenvalue weighted by Crippen LogP contribution is 2.30. The summed E-state index contributed by atoms with van der Waals surface area (Å²) in [7, 11) is 0. The zero-order valence-electron chi connectivity index (χ0n) is 18.3. The van der Waals surface area contributed by atoms with Crippen LogP contribution in [-0.2, 0) is 6.54 Å². The predicted octanol–water partition coefficient (Wildman–Crippen LogP) is 5.11. The Labute approximate surface area is 199 Å². The van der Waals surface area contributed by atoms with E-state index in [2.05, 4.69) is 49.8 Å². The lowest BCUT2D eigenvalue weighted by molar-refractivity contribution is 0.0913. The Morgan fingerprint density at radius 3 is 2.59 bits per heavy atom. The van der Waals surface area contributed by atoms with E-state index in [1.807, 2.05) is 6.07 Å². The molecule has 0 atom stereocenters. The predicted molar refractivity (Wildman–Crippen MR) is 129 cm³/mol. The summed E-state index contributed by atoms with van der Waals surface area (Å²) in [6, 6.07) is 15.8. The van der Waals surface area contributed by atoms with E-state index in [0.29, 0.717) is 26.6 Å². The second-order valence-corrected chi connectivity index (χ2v) is 9.35. The average Bonchev–Trinajstić information content (AvgIpc) is 3.29. The van der Waals surface area contributed by atoms with E-state index in [1.165, 1.54) is 29.3 Å². The first-order valence-electron chi connectivity index (χ1n) is 11.1. The summed E-state index contributed by atoms with van der Waals surface area (Å²) in [5, 5.41) is 6.79. The van der Waals surface area contributed by atoms with Gasteiger partial charge in [0.2, 0.25) is 0 Å². The number of nitrogens with one attached hydrogen (secondary N) is 2. The maximum Gasteiger partial charge on any atom is 0.261 e. The number of piperidine rings is 1. The molecule has 1 aliphatic heterocycles. The van der Waals surface area contributed by atoms with Gasteiger partial charge in [-0.05, 0) is 36.6 Å². The van der Waals surface area contributed by atoms with Crippen molar-refractivity contribution in [3.63, 3.8) is 0 Å². The number of carbonyl (C=O) groups is 1. The summed E-state index contributed by atoms with van der Waals surface area (Å²) in [5.74, 6) is -1.57. The fourth-order valence-electron chi connectivity index (χ4n) is 4.11. The number of hydrogen-bond donors (Lipinski definition) is 2. The summed E-state index contributed by atoms with van der Waals surface area (Å²) < 4.78 is 26.8. The van der Waals surface area contributed by atoms with Crippen LogP contribution in [-0.4, -0.2) is 39.9 Å². The minimum absolute atomic E-state index is 0.121. The standard InChI is InChI=1S/C25H23F2N5OS/c26-20-7-6-18(12-21(20)27)30-23-19-13-22(34-25(19)29-15-28-23)24(33)31-17-8-10-32(11-9-17)14-16-4-2-1-3-5-16/h1-7,12-13,15,17H,8-11,14H2,(H,31,33)(H,28,29,30). The monoisotopic (exact) mass is 479 g/mol. The Bertz CT molecular complexity index is 1310. The summed E-state index contributed by atoms with van der Waals surface area (Å²) in [6.07, 6.45) is 3.17.